The Kier molecular flexibility index (Phi) is 6.08. The zero-order valence-corrected chi connectivity index (χ0v) is 16.2. The van der Waals surface area contributed by atoms with Crippen LogP contribution in [0.4, 0.5) is 0 Å². The van der Waals surface area contributed by atoms with Crippen molar-refractivity contribution in [2.75, 3.05) is 19.6 Å². The van der Waals surface area contributed by atoms with Crippen molar-refractivity contribution in [3.63, 3.8) is 0 Å². The molecule has 1 aliphatic heterocycles. The van der Waals surface area contributed by atoms with Gasteiger partial charge in [0.25, 0.3) is 0 Å². The maximum Gasteiger partial charge on any atom is 0.337 e. The average molecular weight is 382 g/mol. The highest BCUT2D eigenvalue weighted by molar-refractivity contribution is 7.89. The minimum absolute atomic E-state index is 0.0136. The molecule has 1 saturated heterocycles. The summed E-state index contributed by atoms with van der Waals surface area (Å²) in [5.74, 6) is -1.55. The van der Waals surface area contributed by atoms with E-state index < -0.39 is 16.0 Å². The standard InChI is InChI=1S/C18H26N2O5S/c1-18(2,3)12-19-16(21)13-8-10-20(11-9-13)26(24,25)15-7-5-4-6-14(15)17(22)23/h4-7,13H,8-12H2,1-3H3,(H,19,21)(H,22,23). The number of carbonyl (C=O) groups excluding carboxylic acids is 1. The highest BCUT2D eigenvalue weighted by Gasteiger charge is 2.34. The van der Waals surface area contributed by atoms with Gasteiger partial charge in [-0.3, -0.25) is 4.79 Å². The van der Waals surface area contributed by atoms with Gasteiger partial charge in [-0.15, -0.1) is 0 Å². The van der Waals surface area contributed by atoms with E-state index >= 15 is 0 Å². The third-order valence-corrected chi connectivity index (χ3v) is 6.31. The zero-order valence-electron chi connectivity index (χ0n) is 15.4. The number of carboxylic acid groups (broad SMARTS) is 1. The van der Waals surface area contributed by atoms with Crippen molar-refractivity contribution in [1.82, 2.24) is 9.62 Å². The van der Waals surface area contributed by atoms with Gasteiger partial charge in [-0.1, -0.05) is 32.9 Å². The quantitative estimate of drug-likeness (QED) is 0.810. The second-order valence-electron chi connectivity index (χ2n) is 7.76. The molecule has 7 nitrogen and oxygen atoms in total. The molecule has 0 saturated carbocycles. The molecule has 1 aromatic rings. The predicted molar refractivity (Wildman–Crippen MR) is 97.3 cm³/mol. The molecule has 1 heterocycles. The highest BCUT2D eigenvalue weighted by atomic mass is 32.2. The van der Waals surface area contributed by atoms with Crippen LogP contribution in [0.2, 0.25) is 0 Å². The van der Waals surface area contributed by atoms with Gasteiger partial charge in [0.2, 0.25) is 15.9 Å². The third-order valence-electron chi connectivity index (χ3n) is 4.35. The SMILES string of the molecule is CC(C)(C)CNC(=O)C1CCN(S(=O)(=O)c2ccccc2C(=O)O)CC1. The largest absolute Gasteiger partial charge is 0.478 e. The lowest BCUT2D eigenvalue weighted by Gasteiger charge is -2.31. The number of hydrogen-bond donors (Lipinski definition) is 2. The minimum atomic E-state index is -3.90. The van der Waals surface area contributed by atoms with Crippen molar-refractivity contribution in [3.8, 4) is 0 Å². The molecule has 0 atom stereocenters. The second kappa shape index (κ2) is 7.75. The maximum absolute atomic E-state index is 12.8. The molecule has 144 valence electrons. The maximum atomic E-state index is 12.8. The Hall–Kier alpha value is -1.93. The van der Waals surface area contributed by atoms with E-state index in [1.54, 1.807) is 0 Å². The van der Waals surface area contributed by atoms with Crippen LogP contribution in [0.3, 0.4) is 0 Å². The first-order valence-electron chi connectivity index (χ1n) is 8.62. The smallest absolute Gasteiger partial charge is 0.337 e. The number of benzene rings is 1. The number of piperidine rings is 1. The summed E-state index contributed by atoms with van der Waals surface area (Å²) in [6, 6.07) is 5.59. The van der Waals surface area contributed by atoms with Gasteiger partial charge in [-0.05, 0) is 30.4 Å². The van der Waals surface area contributed by atoms with E-state index in [9.17, 15) is 23.1 Å². The summed E-state index contributed by atoms with van der Waals surface area (Å²) in [4.78, 5) is 23.4. The first-order valence-corrected chi connectivity index (χ1v) is 10.1. The Morgan fingerprint density at radius 2 is 1.77 bits per heavy atom. The van der Waals surface area contributed by atoms with E-state index in [-0.39, 0.29) is 40.8 Å². The molecule has 1 aliphatic rings. The fourth-order valence-corrected chi connectivity index (χ4v) is 4.52. The van der Waals surface area contributed by atoms with Crippen molar-refractivity contribution in [3.05, 3.63) is 29.8 Å². The normalized spacial score (nSPS) is 17.0. The molecule has 0 radical (unpaired) electrons. The Morgan fingerprint density at radius 1 is 1.19 bits per heavy atom. The van der Waals surface area contributed by atoms with Gasteiger partial charge in [0.15, 0.2) is 0 Å². The summed E-state index contributed by atoms with van der Waals surface area (Å²) >= 11 is 0. The first-order chi connectivity index (χ1) is 12.0. The molecule has 1 amide bonds. The molecule has 8 heteroatoms. The topological polar surface area (TPSA) is 104 Å². The molecule has 0 unspecified atom stereocenters. The van der Waals surface area contributed by atoms with Crippen LogP contribution in [0.25, 0.3) is 0 Å². The van der Waals surface area contributed by atoms with E-state index in [4.69, 9.17) is 0 Å². The number of hydrogen-bond acceptors (Lipinski definition) is 4. The fraction of sp³-hybridized carbons (Fsp3) is 0.556. The summed E-state index contributed by atoms with van der Waals surface area (Å²) in [5.41, 5.74) is -0.252. The van der Waals surface area contributed by atoms with E-state index in [2.05, 4.69) is 5.32 Å². The summed E-state index contributed by atoms with van der Waals surface area (Å²) in [6.45, 7) is 7.05. The Bertz CT molecular complexity index is 775. The van der Waals surface area contributed by atoms with Crippen molar-refractivity contribution in [2.45, 2.75) is 38.5 Å². The van der Waals surface area contributed by atoms with Gasteiger partial charge in [0.05, 0.1) is 10.5 Å². The van der Waals surface area contributed by atoms with Crippen molar-refractivity contribution in [2.24, 2.45) is 11.3 Å². The third kappa shape index (κ3) is 4.82. The van der Waals surface area contributed by atoms with Gasteiger partial charge in [-0.2, -0.15) is 4.31 Å². The molecule has 1 aromatic carbocycles. The van der Waals surface area contributed by atoms with Crippen LogP contribution in [0.1, 0.15) is 44.0 Å². The molecule has 1 fully saturated rings. The van der Waals surface area contributed by atoms with Gasteiger partial charge < -0.3 is 10.4 Å². The number of amides is 1. The van der Waals surface area contributed by atoms with Crippen LogP contribution in [-0.4, -0.2) is 49.3 Å². The van der Waals surface area contributed by atoms with Gasteiger partial charge in [0.1, 0.15) is 0 Å². The van der Waals surface area contributed by atoms with Crippen LogP contribution >= 0.6 is 0 Å². The molecule has 2 rings (SSSR count). The van der Waals surface area contributed by atoms with Gasteiger partial charge >= 0.3 is 5.97 Å². The summed E-state index contributed by atoms with van der Waals surface area (Å²) < 4.78 is 26.9. The highest BCUT2D eigenvalue weighted by Crippen LogP contribution is 2.26. The molecular formula is C18H26N2O5S. The van der Waals surface area contributed by atoms with E-state index in [1.807, 2.05) is 20.8 Å². The lowest BCUT2D eigenvalue weighted by atomic mass is 9.94. The lowest BCUT2D eigenvalue weighted by Crippen LogP contribution is -2.44. The molecular weight excluding hydrogens is 356 g/mol. The zero-order chi connectivity index (χ0) is 19.5. The minimum Gasteiger partial charge on any atom is -0.478 e. The van der Waals surface area contributed by atoms with Gasteiger partial charge in [0, 0.05) is 25.6 Å². The van der Waals surface area contributed by atoms with Crippen molar-refractivity contribution < 1.29 is 23.1 Å². The lowest BCUT2D eigenvalue weighted by molar-refractivity contribution is -0.126. The molecule has 0 bridgehead atoms. The molecule has 0 spiro atoms. The molecule has 2 N–H and O–H groups in total. The summed E-state index contributed by atoms with van der Waals surface area (Å²) in [5, 5.41) is 12.1. The van der Waals surface area contributed by atoms with Crippen molar-refractivity contribution >= 4 is 21.9 Å². The second-order valence-corrected chi connectivity index (χ2v) is 9.66. The number of carbonyl (C=O) groups is 2. The number of nitrogens with one attached hydrogen (secondary N) is 1. The number of rotatable bonds is 5. The molecule has 0 aliphatic carbocycles. The Labute approximate surface area is 154 Å². The predicted octanol–water partition coefficient (Wildman–Crippen LogP) is 1.95. The number of carboxylic acids is 1. The molecule has 26 heavy (non-hydrogen) atoms. The first kappa shape index (κ1) is 20.4. The van der Waals surface area contributed by atoms with Crippen LogP contribution in [0.15, 0.2) is 29.2 Å². The fourth-order valence-electron chi connectivity index (χ4n) is 2.86. The van der Waals surface area contributed by atoms with Crippen LogP contribution in [0, 0.1) is 11.3 Å². The summed E-state index contributed by atoms with van der Waals surface area (Å²) in [7, 11) is -3.90. The Balaban J connectivity index is 2.05. The number of nitrogens with zero attached hydrogens (tertiary/aromatic N) is 1. The monoisotopic (exact) mass is 382 g/mol. The van der Waals surface area contributed by atoms with E-state index in [1.165, 1.54) is 28.6 Å². The van der Waals surface area contributed by atoms with Crippen LogP contribution in [0.5, 0.6) is 0 Å². The van der Waals surface area contributed by atoms with Crippen LogP contribution in [-0.2, 0) is 14.8 Å². The average Bonchev–Trinajstić information content (AvgIpc) is 2.59. The van der Waals surface area contributed by atoms with Crippen molar-refractivity contribution in [1.29, 1.82) is 0 Å². The Morgan fingerprint density at radius 3 is 2.31 bits per heavy atom. The molecule has 0 aromatic heterocycles. The summed E-state index contributed by atoms with van der Waals surface area (Å²) in [6.07, 6.45) is 0.842. The van der Waals surface area contributed by atoms with E-state index in [0.29, 0.717) is 19.4 Å². The van der Waals surface area contributed by atoms with E-state index in [0.717, 1.165) is 0 Å². The number of aromatic carboxylic acids is 1. The van der Waals surface area contributed by atoms with Crippen LogP contribution < -0.4 is 5.32 Å². The van der Waals surface area contributed by atoms with Gasteiger partial charge in [-0.25, -0.2) is 13.2 Å². The number of sulfonamides is 1.